The zero-order chi connectivity index (χ0) is 15.0. The highest BCUT2D eigenvalue weighted by Crippen LogP contribution is 2.25. The molecule has 1 N–H and O–H groups in total. The highest BCUT2D eigenvalue weighted by atomic mass is 32.2. The van der Waals surface area contributed by atoms with Crippen LogP contribution in [0, 0.1) is 11.8 Å². The van der Waals surface area contributed by atoms with Gasteiger partial charge in [0.25, 0.3) is 0 Å². The second-order valence-electron chi connectivity index (χ2n) is 6.83. The molecule has 3 rings (SSSR count). The number of rotatable bonds is 4. The van der Waals surface area contributed by atoms with E-state index in [0.29, 0.717) is 17.4 Å². The Balaban J connectivity index is 1.86. The molecule has 5 nitrogen and oxygen atoms in total. The third kappa shape index (κ3) is 3.31. The van der Waals surface area contributed by atoms with Gasteiger partial charge in [-0.15, -0.1) is 0 Å². The quantitative estimate of drug-likeness (QED) is 0.906. The standard InChI is InChI=1S/C15H25N3O2S/c1-11(2)7-15-17-13-8-16-5-3-14(13)18(15)9-12-4-6-21(19,20)10-12/h11-12,16H,3-10H2,1-2H3. The van der Waals surface area contributed by atoms with Gasteiger partial charge >= 0.3 is 0 Å². The lowest BCUT2D eigenvalue weighted by Crippen LogP contribution is -2.26. The Morgan fingerprint density at radius 1 is 1.43 bits per heavy atom. The van der Waals surface area contributed by atoms with Gasteiger partial charge in [0, 0.05) is 38.2 Å². The average molecular weight is 311 g/mol. The molecule has 1 aromatic rings. The van der Waals surface area contributed by atoms with Crippen molar-refractivity contribution in [3.8, 4) is 0 Å². The lowest BCUT2D eigenvalue weighted by atomic mass is 10.1. The van der Waals surface area contributed by atoms with E-state index in [2.05, 4.69) is 23.7 Å². The van der Waals surface area contributed by atoms with Crippen LogP contribution in [0.1, 0.15) is 37.5 Å². The molecule has 0 spiro atoms. The molecule has 1 unspecified atom stereocenters. The predicted octanol–water partition coefficient (Wildman–Crippen LogP) is 1.16. The summed E-state index contributed by atoms with van der Waals surface area (Å²) in [6.07, 6.45) is 2.76. The molecule has 0 aromatic carbocycles. The Morgan fingerprint density at radius 2 is 2.24 bits per heavy atom. The Labute approximate surface area is 127 Å². The van der Waals surface area contributed by atoms with Crippen LogP contribution in [-0.4, -0.2) is 36.0 Å². The summed E-state index contributed by atoms with van der Waals surface area (Å²) in [6, 6.07) is 0. The number of aromatic nitrogens is 2. The van der Waals surface area contributed by atoms with Crippen LogP contribution < -0.4 is 5.32 Å². The molecule has 0 saturated carbocycles. The monoisotopic (exact) mass is 311 g/mol. The molecule has 3 heterocycles. The molecule has 1 atom stereocenters. The van der Waals surface area contributed by atoms with E-state index in [1.165, 1.54) is 5.69 Å². The SMILES string of the molecule is CC(C)Cc1nc2c(n1CC1CCS(=O)(=O)C1)CCNC2. The summed E-state index contributed by atoms with van der Waals surface area (Å²) in [4.78, 5) is 4.82. The molecule has 2 aliphatic rings. The molecule has 6 heteroatoms. The topological polar surface area (TPSA) is 64.0 Å². The van der Waals surface area contributed by atoms with E-state index in [4.69, 9.17) is 4.98 Å². The number of imidazole rings is 1. The molecule has 2 aliphatic heterocycles. The fraction of sp³-hybridized carbons (Fsp3) is 0.800. The molecular formula is C15H25N3O2S. The predicted molar refractivity (Wildman–Crippen MR) is 82.9 cm³/mol. The highest BCUT2D eigenvalue weighted by molar-refractivity contribution is 7.91. The van der Waals surface area contributed by atoms with Gasteiger partial charge in [-0.05, 0) is 18.3 Å². The number of fused-ring (bicyclic) bond motifs is 1. The average Bonchev–Trinajstić information content (AvgIpc) is 2.91. The third-order valence-electron chi connectivity index (χ3n) is 4.42. The number of hydrogen-bond acceptors (Lipinski definition) is 4. The first-order valence-corrected chi connectivity index (χ1v) is 9.75. The maximum absolute atomic E-state index is 11.7. The normalized spacial score (nSPS) is 24.4. The Kier molecular flexibility index (Phi) is 4.10. The summed E-state index contributed by atoms with van der Waals surface area (Å²) < 4.78 is 25.7. The van der Waals surface area contributed by atoms with E-state index in [1.54, 1.807) is 0 Å². The maximum Gasteiger partial charge on any atom is 0.150 e. The number of nitrogens with zero attached hydrogens (tertiary/aromatic N) is 2. The molecule has 0 aliphatic carbocycles. The van der Waals surface area contributed by atoms with Crippen molar-refractivity contribution < 1.29 is 8.42 Å². The van der Waals surface area contributed by atoms with E-state index in [-0.39, 0.29) is 5.92 Å². The minimum Gasteiger partial charge on any atom is -0.331 e. The van der Waals surface area contributed by atoms with Crippen LogP contribution in [-0.2, 0) is 35.8 Å². The zero-order valence-corrected chi connectivity index (χ0v) is 13.7. The van der Waals surface area contributed by atoms with Crippen LogP contribution >= 0.6 is 0 Å². The maximum atomic E-state index is 11.7. The van der Waals surface area contributed by atoms with Crippen LogP contribution in [0.4, 0.5) is 0 Å². The lowest BCUT2D eigenvalue weighted by Gasteiger charge is -2.19. The summed E-state index contributed by atoms with van der Waals surface area (Å²) in [5.74, 6) is 2.67. The van der Waals surface area contributed by atoms with Crippen LogP contribution in [0.25, 0.3) is 0 Å². The first-order chi connectivity index (χ1) is 9.94. The minimum absolute atomic E-state index is 0.258. The highest BCUT2D eigenvalue weighted by Gasteiger charge is 2.30. The van der Waals surface area contributed by atoms with Gasteiger partial charge in [-0.25, -0.2) is 13.4 Å². The van der Waals surface area contributed by atoms with Crippen LogP contribution in [0.15, 0.2) is 0 Å². The van der Waals surface area contributed by atoms with Crippen molar-refractivity contribution in [2.45, 2.75) is 46.2 Å². The van der Waals surface area contributed by atoms with Crippen molar-refractivity contribution in [3.63, 3.8) is 0 Å². The number of nitrogens with one attached hydrogen (secondary N) is 1. The smallest absolute Gasteiger partial charge is 0.150 e. The fourth-order valence-electron chi connectivity index (χ4n) is 3.44. The van der Waals surface area contributed by atoms with E-state index in [0.717, 1.165) is 50.4 Å². The molecule has 1 aromatic heterocycles. The molecule has 0 amide bonds. The molecule has 0 radical (unpaired) electrons. The van der Waals surface area contributed by atoms with E-state index < -0.39 is 9.84 Å². The van der Waals surface area contributed by atoms with Crippen molar-refractivity contribution in [2.24, 2.45) is 11.8 Å². The van der Waals surface area contributed by atoms with E-state index in [9.17, 15) is 8.42 Å². The van der Waals surface area contributed by atoms with Crippen molar-refractivity contribution in [2.75, 3.05) is 18.1 Å². The van der Waals surface area contributed by atoms with Crippen molar-refractivity contribution in [1.82, 2.24) is 14.9 Å². The van der Waals surface area contributed by atoms with Crippen LogP contribution in [0.3, 0.4) is 0 Å². The van der Waals surface area contributed by atoms with Gasteiger partial charge in [0.05, 0.1) is 17.2 Å². The van der Waals surface area contributed by atoms with Crippen molar-refractivity contribution in [1.29, 1.82) is 0 Å². The fourth-order valence-corrected chi connectivity index (χ4v) is 5.29. The third-order valence-corrected chi connectivity index (χ3v) is 6.26. The Morgan fingerprint density at radius 3 is 2.90 bits per heavy atom. The Bertz CT molecular complexity index is 619. The summed E-state index contributed by atoms with van der Waals surface area (Å²) in [5, 5.41) is 3.37. The van der Waals surface area contributed by atoms with Gasteiger partial charge in [-0.2, -0.15) is 0 Å². The second kappa shape index (κ2) is 5.72. The zero-order valence-electron chi connectivity index (χ0n) is 12.9. The number of hydrogen-bond donors (Lipinski definition) is 1. The summed E-state index contributed by atoms with van der Waals surface area (Å²) in [5.41, 5.74) is 2.49. The molecule has 118 valence electrons. The molecule has 0 bridgehead atoms. The van der Waals surface area contributed by atoms with Crippen molar-refractivity contribution in [3.05, 3.63) is 17.2 Å². The van der Waals surface area contributed by atoms with Crippen LogP contribution in [0.2, 0.25) is 0 Å². The van der Waals surface area contributed by atoms with Gasteiger partial charge in [-0.1, -0.05) is 13.8 Å². The first-order valence-electron chi connectivity index (χ1n) is 7.93. The largest absolute Gasteiger partial charge is 0.331 e. The molecule has 1 fully saturated rings. The van der Waals surface area contributed by atoms with Crippen LogP contribution in [0.5, 0.6) is 0 Å². The minimum atomic E-state index is -2.80. The summed E-state index contributed by atoms with van der Waals surface area (Å²) in [6.45, 7) is 7.06. The van der Waals surface area contributed by atoms with Gasteiger partial charge in [0.2, 0.25) is 0 Å². The molecular weight excluding hydrogens is 286 g/mol. The first kappa shape index (κ1) is 15.0. The summed E-state index contributed by atoms with van der Waals surface area (Å²) in [7, 11) is -2.80. The van der Waals surface area contributed by atoms with Gasteiger partial charge in [0.1, 0.15) is 5.82 Å². The molecule has 1 saturated heterocycles. The second-order valence-corrected chi connectivity index (χ2v) is 9.05. The Hall–Kier alpha value is -0.880. The lowest BCUT2D eigenvalue weighted by molar-refractivity contribution is 0.452. The van der Waals surface area contributed by atoms with E-state index >= 15 is 0 Å². The van der Waals surface area contributed by atoms with Gasteiger partial charge in [-0.3, -0.25) is 0 Å². The molecule has 21 heavy (non-hydrogen) atoms. The summed E-state index contributed by atoms with van der Waals surface area (Å²) >= 11 is 0. The number of sulfone groups is 1. The van der Waals surface area contributed by atoms with Gasteiger partial charge < -0.3 is 9.88 Å². The van der Waals surface area contributed by atoms with Crippen molar-refractivity contribution >= 4 is 9.84 Å². The van der Waals surface area contributed by atoms with Gasteiger partial charge in [0.15, 0.2) is 9.84 Å². The van der Waals surface area contributed by atoms with E-state index in [1.807, 2.05) is 0 Å².